The van der Waals surface area contributed by atoms with E-state index in [4.69, 9.17) is 4.74 Å². The summed E-state index contributed by atoms with van der Waals surface area (Å²) < 4.78 is 47.5. The summed E-state index contributed by atoms with van der Waals surface area (Å²) in [4.78, 5) is 13.7. The molecule has 0 aromatic heterocycles. The summed E-state index contributed by atoms with van der Waals surface area (Å²) in [5.41, 5.74) is 0.846. The lowest BCUT2D eigenvalue weighted by atomic mass is 10.2. The van der Waals surface area contributed by atoms with E-state index >= 15 is 0 Å². The molecule has 0 atom stereocenters. The standard InChI is InChI=1S/C22H20BrFN2O4S/c1-26(14-16-4-2-3-5-21(16)24)22(27)15-30-19-10-12-20(13-11-19)31(28,29)25-18-8-6-17(23)7-9-18/h2-13,25H,14-15H2,1H3. The second kappa shape index (κ2) is 9.93. The van der Waals surface area contributed by atoms with Crippen LogP contribution in [-0.2, 0) is 21.4 Å². The molecule has 3 rings (SSSR count). The summed E-state index contributed by atoms with van der Waals surface area (Å²) in [5.74, 6) is -0.372. The molecule has 0 heterocycles. The minimum Gasteiger partial charge on any atom is -0.484 e. The molecule has 0 fully saturated rings. The Bertz CT molecular complexity index is 1150. The number of nitrogens with zero attached hydrogens (tertiary/aromatic N) is 1. The van der Waals surface area contributed by atoms with E-state index in [0.717, 1.165) is 4.47 Å². The van der Waals surface area contributed by atoms with Gasteiger partial charge in [0.25, 0.3) is 15.9 Å². The number of rotatable bonds is 8. The van der Waals surface area contributed by atoms with Crippen LogP contribution in [0.2, 0.25) is 0 Å². The zero-order chi connectivity index (χ0) is 22.4. The van der Waals surface area contributed by atoms with Crippen LogP contribution in [0.5, 0.6) is 5.75 Å². The SMILES string of the molecule is CN(Cc1ccccc1F)C(=O)COc1ccc(S(=O)(=O)Nc2ccc(Br)cc2)cc1. The number of ether oxygens (including phenoxy) is 1. The third kappa shape index (κ3) is 6.28. The number of nitrogens with one attached hydrogen (secondary N) is 1. The highest BCUT2D eigenvalue weighted by atomic mass is 79.9. The van der Waals surface area contributed by atoms with Crippen LogP contribution in [-0.4, -0.2) is 32.9 Å². The van der Waals surface area contributed by atoms with Crippen LogP contribution < -0.4 is 9.46 Å². The van der Waals surface area contributed by atoms with Gasteiger partial charge in [0.2, 0.25) is 0 Å². The van der Waals surface area contributed by atoms with Crippen LogP contribution in [0, 0.1) is 5.82 Å². The van der Waals surface area contributed by atoms with Gasteiger partial charge in [0.15, 0.2) is 6.61 Å². The predicted octanol–water partition coefficient (Wildman–Crippen LogP) is 4.43. The van der Waals surface area contributed by atoms with Crippen molar-refractivity contribution in [3.05, 3.63) is 88.6 Å². The summed E-state index contributed by atoms with van der Waals surface area (Å²) in [5, 5.41) is 0. The molecule has 0 saturated carbocycles. The maximum Gasteiger partial charge on any atom is 0.261 e. The fourth-order valence-electron chi connectivity index (χ4n) is 2.67. The average Bonchev–Trinajstić information content (AvgIpc) is 2.75. The molecule has 0 unspecified atom stereocenters. The zero-order valence-electron chi connectivity index (χ0n) is 16.6. The van der Waals surface area contributed by atoms with Gasteiger partial charge in [-0.15, -0.1) is 0 Å². The first-order valence-electron chi connectivity index (χ1n) is 9.23. The minimum absolute atomic E-state index is 0.0609. The van der Waals surface area contributed by atoms with E-state index in [1.807, 2.05) is 0 Å². The molecular formula is C22H20BrFN2O4S. The van der Waals surface area contributed by atoms with Crippen molar-refractivity contribution in [2.24, 2.45) is 0 Å². The second-order valence-corrected chi connectivity index (χ2v) is 9.31. The van der Waals surface area contributed by atoms with E-state index in [2.05, 4.69) is 20.7 Å². The number of hydrogen-bond acceptors (Lipinski definition) is 4. The third-order valence-corrected chi connectivity index (χ3v) is 6.31. The first-order chi connectivity index (χ1) is 14.7. The van der Waals surface area contributed by atoms with Gasteiger partial charge in [-0.05, 0) is 54.6 Å². The van der Waals surface area contributed by atoms with Crippen molar-refractivity contribution in [2.75, 3.05) is 18.4 Å². The van der Waals surface area contributed by atoms with Crippen molar-refractivity contribution in [3.63, 3.8) is 0 Å². The molecule has 3 aromatic carbocycles. The fourth-order valence-corrected chi connectivity index (χ4v) is 4.00. The largest absolute Gasteiger partial charge is 0.484 e. The van der Waals surface area contributed by atoms with Crippen molar-refractivity contribution in [1.29, 1.82) is 0 Å². The number of halogens is 2. The highest BCUT2D eigenvalue weighted by Gasteiger charge is 2.15. The van der Waals surface area contributed by atoms with Crippen molar-refractivity contribution < 1.29 is 22.3 Å². The van der Waals surface area contributed by atoms with E-state index in [1.165, 1.54) is 35.2 Å². The van der Waals surface area contributed by atoms with Gasteiger partial charge in [0.05, 0.1) is 4.90 Å². The van der Waals surface area contributed by atoms with E-state index in [0.29, 0.717) is 17.0 Å². The quantitative estimate of drug-likeness (QED) is 0.490. The first-order valence-corrected chi connectivity index (χ1v) is 11.5. The van der Waals surface area contributed by atoms with Crippen LogP contribution >= 0.6 is 15.9 Å². The number of benzene rings is 3. The summed E-state index contributed by atoms with van der Waals surface area (Å²) in [7, 11) is -2.20. The molecule has 162 valence electrons. The Kier molecular flexibility index (Phi) is 7.29. The molecule has 6 nitrogen and oxygen atoms in total. The monoisotopic (exact) mass is 506 g/mol. The van der Waals surface area contributed by atoms with Gasteiger partial charge in [-0.3, -0.25) is 9.52 Å². The summed E-state index contributed by atoms with van der Waals surface area (Å²) >= 11 is 3.30. The molecular weight excluding hydrogens is 487 g/mol. The second-order valence-electron chi connectivity index (χ2n) is 6.71. The predicted molar refractivity (Wildman–Crippen MR) is 120 cm³/mol. The lowest BCUT2D eigenvalue weighted by molar-refractivity contribution is -0.132. The number of anilines is 1. The topological polar surface area (TPSA) is 75.7 Å². The average molecular weight is 507 g/mol. The lowest BCUT2D eigenvalue weighted by Gasteiger charge is -2.18. The summed E-state index contributed by atoms with van der Waals surface area (Å²) in [6.07, 6.45) is 0. The molecule has 0 spiro atoms. The zero-order valence-corrected chi connectivity index (χ0v) is 19.0. The van der Waals surface area contributed by atoms with Crippen LogP contribution in [0.1, 0.15) is 5.56 Å². The van der Waals surface area contributed by atoms with Crippen LogP contribution in [0.4, 0.5) is 10.1 Å². The van der Waals surface area contributed by atoms with Crippen LogP contribution in [0.3, 0.4) is 0 Å². The summed E-state index contributed by atoms with van der Waals surface area (Å²) in [6.45, 7) is -0.137. The van der Waals surface area contributed by atoms with Gasteiger partial charge in [0, 0.05) is 29.3 Å². The smallest absolute Gasteiger partial charge is 0.261 e. The van der Waals surface area contributed by atoms with Gasteiger partial charge >= 0.3 is 0 Å². The number of carbonyl (C=O) groups excluding carboxylic acids is 1. The fraction of sp³-hybridized carbons (Fsp3) is 0.136. The molecule has 0 saturated heterocycles. The Labute approximate surface area is 188 Å². The van der Waals surface area contributed by atoms with Gasteiger partial charge in [0.1, 0.15) is 11.6 Å². The molecule has 1 amide bonds. The Morgan fingerprint density at radius 2 is 1.68 bits per heavy atom. The van der Waals surface area contributed by atoms with Crippen molar-refractivity contribution in [3.8, 4) is 5.75 Å². The van der Waals surface area contributed by atoms with Crippen molar-refractivity contribution in [2.45, 2.75) is 11.4 Å². The number of amides is 1. The molecule has 1 N–H and O–H groups in total. The maximum absolute atomic E-state index is 13.7. The highest BCUT2D eigenvalue weighted by molar-refractivity contribution is 9.10. The molecule has 3 aromatic rings. The molecule has 0 aliphatic heterocycles. The van der Waals surface area contributed by atoms with Crippen LogP contribution in [0.25, 0.3) is 0 Å². The van der Waals surface area contributed by atoms with Gasteiger partial charge < -0.3 is 9.64 Å². The first kappa shape index (κ1) is 22.8. The lowest BCUT2D eigenvalue weighted by Crippen LogP contribution is -2.31. The van der Waals surface area contributed by atoms with E-state index < -0.39 is 10.0 Å². The molecule has 9 heteroatoms. The third-order valence-electron chi connectivity index (χ3n) is 4.38. The Balaban J connectivity index is 1.56. The van der Waals surface area contributed by atoms with Gasteiger partial charge in [-0.25, -0.2) is 12.8 Å². The van der Waals surface area contributed by atoms with E-state index in [9.17, 15) is 17.6 Å². The normalized spacial score (nSPS) is 11.1. The minimum atomic E-state index is -3.76. The Morgan fingerprint density at radius 1 is 1.03 bits per heavy atom. The molecule has 0 radical (unpaired) electrons. The molecule has 0 aliphatic rings. The number of likely N-dealkylation sites (N-methyl/N-ethyl adjacent to an activating group) is 1. The Hall–Kier alpha value is -2.91. The number of hydrogen-bond donors (Lipinski definition) is 1. The molecule has 0 bridgehead atoms. The van der Waals surface area contributed by atoms with E-state index in [-0.39, 0.29) is 29.8 Å². The summed E-state index contributed by atoms with van der Waals surface area (Å²) in [6, 6.07) is 18.7. The highest BCUT2D eigenvalue weighted by Crippen LogP contribution is 2.21. The molecule has 31 heavy (non-hydrogen) atoms. The Morgan fingerprint density at radius 3 is 2.32 bits per heavy atom. The van der Waals surface area contributed by atoms with Crippen molar-refractivity contribution >= 4 is 37.5 Å². The maximum atomic E-state index is 13.7. The van der Waals surface area contributed by atoms with E-state index in [1.54, 1.807) is 49.5 Å². The number of carbonyl (C=O) groups is 1. The van der Waals surface area contributed by atoms with Gasteiger partial charge in [-0.2, -0.15) is 0 Å². The van der Waals surface area contributed by atoms with Crippen molar-refractivity contribution in [1.82, 2.24) is 4.90 Å². The number of sulfonamides is 1. The van der Waals surface area contributed by atoms with Gasteiger partial charge in [-0.1, -0.05) is 34.1 Å². The molecule has 0 aliphatic carbocycles. The van der Waals surface area contributed by atoms with Crippen LogP contribution in [0.15, 0.2) is 82.2 Å².